The average Bonchev–Trinajstić information content (AvgIpc) is 3.09. The van der Waals surface area contributed by atoms with E-state index in [4.69, 9.17) is 9.47 Å². The Morgan fingerprint density at radius 2 is 1.77 bits per heavy atom. The van der Waals surface area contributed by atoms with E-state index in [1.807, 2.05) is 6.92 Å². The zero-order valence-electron chi connectivity index (χ0n) is 25.3. The van der Waals surface area contributed by atoms with E-state index >= 15 is 0 Å². The van der Waals surface area contributed by atoms with Gasteiger partial charge in [-0.15, -0.1) is 0 Å². The molecule has 11 atom stereocenters. The molecule has 4 fully saturated rings. The lowest BCUT2D eigenvalue weighted by Gasteiger charge is -2.68. The summed E-state index contributed by atoms with van der Waals surface area (Å²) in [5.41, 5.74) is -0.107. The first kappa shape index (κ1) is 29.2. The van der Waals surface area contributed by atoms with Crippen LogP contribution in [0.3, 0.4) is 0 Å². The maximum Gasteiger partial charge on any atom is 0.303 e. The number of hydrogen-bond donors (Lipinski definition) is 3. The summed E-state index contributed by atoms with van der Waals surface area (Å²) in [6, 6.07) is 0. The van der Waals surface area contributed by atoms with E-state index in [1.165, 1.54) is 12.5 Å². The van der Waals surface area contributed by atoms with Crippen molar-refractivity contribution in [3.05, 3.63) is 11.1 Å². The van der Waals surface area contributed by atoms with Crippen molar-refractivity contribution in [1.82, 2.24) is 0 Å². The van der Waals surface area contributed by atoms with Gasteiger partial charge in [-0.3, -0.25) is 9.59 Å². The molecule has 1 heterocycles. The van der Waals surface area contributed by atoms with Crippen molar-refractivity contribution in [3.8, 4) is 0 Å². The predicted octanol–water partition coefficient (Wildman–Crippen LogP) is 4.35. The number of Topliss-reactive ketones (excluding diaryl/α,β-unsaturated/α-hetero) is 1. The fourth-order valence-electron chi connectivity index (χ4n) is 10.6. The molecule has 0 amide bonds. The summed E-state index contributed by atoms with van der Waals surface area (Å²) >= 11 is 0. The normalized spacial score (nSPS) is 48.0. The fraction of sp³-hybridized carbons (Fsp3) is 0.875. The molecule has 3 saturated carbocycles. The van der Waals surface area contributed by atoms with E-state index in [-0.39, 0.29) is 40.1 Å². The van der Waals surface area contributed by atoms with Gasteiger partial charge in [0, 0.05) is 24.7 Å². The predicted molar refractivity (Wildman–Crippen MR) is 147 cm³/mol. The molecule has 220 valence electrons. The summed E-state index contributed by atoms with van der Waals surface area (Å²) in [4.78, 5) is 24.9. The Kier molecular flexibility index (Phi) is 6.64. The first-order valence-electron chi connectivity index (χ1n) is 15.0. The zero-order chi connectivity index (χ0) is 29.1. The molecule has 5 aliphatic rings. The van der Waals surface area contributed by atoms with Crippen molar-refractivity contribution >= 4 is 11.8 Å². The molecule has 0 aromatic rings. The summed E-state index contributed by atoms with van der Waals surface area (Å²) in [7, 11) is 0. The molecule has 7 nitrogen and oxygen atoms in total. The van der Waals surface area contributed by atoms with Crippen LogP contribution in [0.15, 0.2) is 11.1 Å². The van der Waals surface area contributed by atoms with Gasteiger partial charge in [0.15, 0.2) is 6.10 Å². The molecule has 3 N–H and O–H groups in total. The molecule has 7 heteroatoms. The molecule has 4 aliphatic carbocycles. The van der Waals surface area contributed by atoms with Crippen LogP contribution in [0.4, 0.5) is 0 Å². The Hall–Kier alpha value is -1.28. The van der Waals surface area contributed by atoms with Gasteiger partial charge in [-0.1, -0.05) is 47.1 Å². The van der Waals surface area contributed by atoms with E-state index in [1.54, 1.807) is 13.8 Å². The van der Waals surface area contributed by atoms with E-state index < -0.39 is 41.4 Å². The largest absolute Gasteiger partial charge is 0.457 e. The number of esters is 1. The van der Waals surface area contributed by atoms with Crippen LogP contribution in [0, 0.1) is 39.4 Å². The van der Waals surface area contributed by atoms with E-state index in [0.717, 1.165) is 31.3 Å². The number of ketones is 1. The molecule has 0 bridgehead atoms. The van der Waals surface area contributed by atoms with Crippen LogP contribution < -0.4 is 0 Å². The molecule has 0 aromatic heterocycles. The van der Waals surface area contributed by atoms with Gasteiger partial charge < -0.3 is 24.8 Å². The fourth-order valence-corrected chi connectivity index (χ4v) is 10.6. The number of fused-ring (bicyclic) bond motifs is 6. The smallest absolute Gasteiger partial charge is 0.303 e. The van der Waals surface area contributed by atoms with Gasteiger partial charge in [-0.05, 0) is 79.6 Å². The Bertz CT molecular complexity index is 1090. The maximum absolute atomic E-state index is 13.0. The lowest BCUT2D eigenvalue weighted by molar-refractivity contribution is -0.221. The number of carbonyl (C=O) groups excluding carboxylic acids is 2. The number of carbonyl (C=O) groups is 2. The molecule has 39 heavy (non-hydrogen) atoms. The lowest BCUT2D eigenvalue weighted by atomic mass is 9.36. The van der Waals surface area contributed by atoms with Gasteiger partial charge in [0.25, 0.3) is 0 Å². The van der Waals surface area contributed by atoms with Gasteiger partial charge in [-0.2, -0.15) is 0 Å². The molecule has 0 spiro atoms. The minimum absolute atomic E-state index is 0.0480. The van der Waals surface area contributed by atoms with Crippen LogP contribution in [0.5, 0.6) is 0 Å². The summed E-state index contributed by atoms with van der Waals surface area (Å²) in [6.07, 6.45) is 0.853. The second-order valence-corrected chi connectivity index (χ2v) is 15.4. The highest BCUT2D eigenvalue weighted by molar-refractivity contribution is 5.85. The molecular weight excluding hydrogens is 496 g/mol. The standard InChI is InChI=1S/C32H50O7/c1-16-23-18-14-19(34)26-30(7)12-11-22(35)28(3,4)21(30)10-13-31(26,8)32(18,9)15-20(23)39-25(24(16)36)27(29(5,6)37)38-17(2)33/h16,19-21,24-27,34,36-37H,10-15H2,1-9H3. The number of hydrogen-bond acceptors (Lipinski definition) is 7. The van der Waals surface area contributed by atoms with Gasteiger partial charge in [-0.25, -0.2) is 0 Å². The third kappa shape index (κ3) is 3.89. The number of ether oxygens (including phenoxy) is 2. The van der Waals surface area contributed by atoms with Gasteiger partial charge in [0.05, 0.1) is 23.9 Å². The maximum atomic E-state index is 13.0. The molecular formula is C32H50O7. The van der Waals surface area contributed by atoms with E-state index in [2.05, 4.69) is 34.6 Å². The first-order valence-corrected chi connectivity index (χ1v) is 15.0. The topological polar surface area (TPSA) is 113 Å². The Labute approximate surface area is 233 Å². The molecule has 0 aromatic carbocycles. The third-order valence-electron chi connectivity index (χ3n) is 12.6. The Morgan fingerprint density at radius 1 is 1.13 bits per heavy atom. The summed E-state index contributed by atoms with van der Waals surface area (Å²) in [5.74, 6) is -0.170. The summed E-state index contributed by atoms with van der Waals surface area (Å²) < 4.78 is 12.1. The average molecular weight is 547 g/mol. The minimum Gasteiger partial charge on any atom is -0.457 e. The van der Waals surface area contributed by atoms with E-state index in [0.29, 0.717) is 18.6 Å². The second-order valence-electron chi connectivity index (χ2n) is 15.4. The van der Waals surface area contributed by atoms with Crippen LogP contribution >= 0.6 is 0 Å². The van der Waals surface area contributed by atoms with Crippen molar-refractivity contribution in [2.45, 2.75) is 137 Å². The quantitative estimate of drug-likeness (QED) is 0.356. The van der Waals surface area contributed by atoms with E-state index in [9.17, 15) is 24.9 Å². The molecule has 0 radical (unpaired) electrons. The van der Waals surface area contributed by atoms with Crippen molar-refractivity contribution < 1.29 is 34.4 Å². The highest BCUT2D eigenvalue weighted by Crippen LogP contribution is 2.74. The Morgan fingerprint density at radius 3 is 2.36 bits per heavy atom. The summed E-state index contributed by atoms with van der Waals surface area (Å²) in [5, 5.41) is 34.3. The van der Waals surface area contributed by atoms with Crippen molar-refractivity contribution in [2.75, 3.05) is 0 Å². The Balaban J connectivity index is 1.55. The molecule has 1 saturated heterocycles. The van der Waals surface area contributed by atoms with Gasteiger partial charge in [0.2, 0.25) is 0 Å². The second kappa shape index (κ2) is 8.86. The molecule has 1 aliphatic heterocycles. The minimum atomic E-state index is -1.40. The SMILES string of the molecule is CC(=O)OC(C1OC2CC3(C)C(=C2C(C)C1O)CC(O)C1C2(C)CCC(=O)C(C)(C)C2CCC13C)C(C)(C)O. The van der Waals surface area contributed by atoms with Crippen LogP contribution in [0.25, 0.3) is 0 Å². The van der Waals surface area contributed by atoms with Crippen LogP contribution in [0.1, 0.15) is 101 Å². The summed E-state index contributed by atoms with van der Waals surface area (Å²) in [6.45, 7) is 17.6. The van der Waals surface area contributed by atoms with Crippen molar-refractivity contribution in [1.29, 1.82) is 0 Å². The number of rotatable bonds is 3. The van der Waals surface area contributed by atoms with Gasteiger partial charge >= 0.3 is 5.97 Å². The van der Waals surface area contributed by atoms with Crippen LogP contribution in [-0.2, 0) is 19.1 Å². The monoisotopic (exact) mass is 546 g/mol. The molecule has 11 unspecified atom stereocenters. The van der Waals surface area contributed by atoms with Gasteiger partial charge in [0.1, 0.15) is 11.9 Å². The van der Waals surface area contributed by atoms with Crippen LogP contribution in [-0.4, -0.2) is 63.2 Å². The number of aliphatic hydroxyl groups is 3. The molecule has 5 rings (SSSR count). The highest BCUT2D eigenvalue weighted by atomic mass is 16.6. The lowest BCUT2D eigenvalue weighted by Crippen LogP contribution is -2.65. The van der Waals surface area contributed by atoms with Crippen molar-refractivity contribution in [2.24, 2.45) is 39.4 Å². The first-order chi connectivity index (χ1) is 17.8. The highest BCUT2D eigenvalue weighted by Gasteiger charge is 2.70. The van der Waals surface area contributed by atoms with Crippen LogP contribution in [0.2, 0.25) is 0 Å². The zero-order valence-corrected chi connectivity index (χ0v) is 25.3. The van der Waals surface area contributed by atoms with Crippen molar-refractivity contribution in [3.63, 3.8) is 0 Å². The third-order valence-corrected chi connectivity index (χ3v) is 12.6. The number of aliphatic hydroxyl groups excluding tert-OH is 2.